The smallest absolute Gasteiger partial charge is 0.341 e. The predicted octanol–water partition coefficient (Wildman–Crippen LogP) is 3.47. The Morgan fingerprint density at radius 1 is 1.28 bits per heavy atom. The lowest BCUT2D eigenvalue weighted by Gasteiger charge is -2.16. The van der Waals surface area contributed by atoms with E-state index in [2.05, 4.69) is 20.7 Å². The molecular formula is C16H15BrFNO5S. The molecule has 0 saturated heterocycles. The zero-order valence-electron chi connectivity index (χ0n) is 13.3. The number of rotatable bonds is 6. The average molecular weight is 432 g/mol. The van der Waals surface area contributed by atoms with Crippen LogP contribution < -0.4 is 9.46 Å². The van der Waals surface area contributed by atoms with Crippen LogP contribution in [0, 0.1) is 19.7 Å². The maximum Gasteiger partial charge on any atom is 0.341 e. The topological polar surface area (TPSA) is 92.7 Å². The van der Waals surface area contributed by atoms with Crippen molar-refractivity contribution >= 4 is 37.6 Å². The molecule has 0 heterocycles. The maximum absolute atomic E-state index is 13.1. The molecule has 0 bridgehead atoms. The zero-order valence-corrected chi connectivity index (χ0v) is 15.7. The largest absolute Gasteiger partial charge is 0.481 e. The maximum atomic E-state index is 13.1. The molecule has 6 nitrogen and oxygen atoms in total. The summed E-state index contributed by atoms with van der Waals surface area (Å²) in [6.07, 6.45) is 0. The SMILES string of the molecule is Cc1ccc(S(=O)(=O)Nc2ccc(F)cc2Br)c(C)c1OCC(=O)O. The Hall–Kier alpha value is -2.13. The van der Waals surface area contributed by atoms with E-state index in [4.69, 9.17) is 9.84 Å². The monoisotopic (exact) mass is 431 g/mol. The van der Waals surface area contributed by atoms with E-state index in [0.29, 0.717) is 5.56 Å². The number of carbonyl (C=O) groups is 1. The molecule has 0 aromatic heterocycles. The first-order valence-corrected chi connectivity index (χ1v) is 9.32. The summed E-state index contributed by atoms with van der Waals surface area (Å²) in [6, 6.07) is 6.49. The van der Waals surface area contributed by atoms with Crippen molar-refractivity contribution in [3.63, 3.8) is 0 Å². The van der Waals surface area contributed by atoms with Crippen LogP contribution in [0.5, 0.6) is 5.75 Å². The third-order valence-corrected chi connectivity index (χ3v) is 5.52. The lowest BCUT2D eigenvalue weighted by atomic mass is 10.1. The van der Waals surface area contributed by atoms with Gasteiger partial charge in [-0.25, -0.2) is 17.6 Å². The molecule has 2 N–H and O–H groups in total. The molecule has 134 valence electrons. The first-order chi connectivity index (χ1) is 11.6. The van der Waals surface area contributed by atoms with Crippen molar-refractivity contribution in [1.82, 2.24) is 0 Å². The van der Waals surface area contributed by atoms with E-state index in [0.717, 1.165) is 12.1 Å². The van der Waals surface area contributed by atoms with Crippen molar-refractivity contribution in [2.75, 3.05) is 11.3 Å². The van der Waals surface area contributed by atoms with E-state index in [1.807, 2.05) is 0 Å². The van der Waals surface area contributed by atoms with Gasteiger partial charge in [0, 0.05) is 10.0 Å². The van der Waals surface area contributed by atoms with E-state index in [-0.39, 0.29) is 26.4 Å². The minimum absolute atomic E-state index is 0.0605. The quantitative estimate of drug-likeness (QED) is 0.730. The number of aryl methyl sites for hydroxylation is 1. The fraction of sp³-hybridized carbons (Fsp3) is 0.188. The minimum atomic E-state index is -3.99. The normalized spacial score (nSPS) is 11.2. The van der Waals surface area contributed by atoms with Gasteiger partial charge >= 0.3 is 5.97 Å². The number of hydrogen-bond donors (Lipinski definition) is 2. The standard InChI is InChI=1S/C16H15BrFNO5S/c1-9-3-6-14(10(2)16(9)24-8-15(20)21)25(22,23)19-13-5-4-11(18)7-12(13)17/h3-7,19H,8H2,1-2H3,(H,20,21). The number of aliphatic carboxylic acids is 1. The molecule has 0 aliphatic carbocycles. The lowest BCUT2D eigenvalue weighted by Crippen LogP contribution is -2.16. The van der Waals surface area contributed by atoms with Gasteiger partial charge in [0.25, 0.3) is 10.0 Å². The third-order valence-electron chi connectivity index (χ3n) is 3.36. The molecule has 0 saturated carbocycles. The van der Waals surface area contributed by atoms with Gasteiger partial charge in [0.1, 0.15) is 11.6 Å². The molecule has 2 aromatic rings. The van der Waals surface area contributed by atoms with Crippen molar-refractivity contribution in [2.24, 2.45) is 0 Å². The molecule has 0 unspecified atom stereocenters. The van der Waals surface area contributed by atoms with Gasteiger partial charge in [0.2, 0.25) is 0 Å². The highest BCUT2D eigenvalue weighted by molar-refractivity contribution is 9.10. The summed E-state index contributed by atoms with van der Waals surface area (Å²) < 4.78 is 46.3. The van der Waals surface area contributed by atoms with E-state index in [1.54, 1.807) is 6.92 Å². The number of nitrogens with one attached hydrogen (secondary N) is 1. The molecule has 0 radical (unpaired) electrons. The summed E-state index contributed by atoms with van der Waals surface area (Å²) in [4.78, 5) is 10.6. The van der Waals surface area contributed by atoms with Gasteiger partial charge in [0.15, 0.2) is 6.61 Å². The highest BCUT2D eigenvalue weighted by atomic mass is 79.9. The van der Waals surface area contributed by atoms with Crippen molar-refractivity contribution in [2.45, 2.75) is 18.7 Å². The molecule has 0 amide bonds. The Labute approximate surface area is 152 Å². The van der Waals surface area contributed by atoms with Gasteiger partial charge < -0.3 is 9.84 Å². The summed E-state index contributed by atoms with van der Waals surface area (Å²) in [5, 5.41) is 8.74. The fourth-order valence-corrected chi connectivity index (χ4v) is 4.13. The molecule has 9 heteroatoms. The Balaban J connectivity index is 2.42. The summed E-state index contributed by atoms with van der Waals surface area (Å²) >= 11 is 3.10. The van der Waals surface area contributed by atoms with Gasteiger partial charge in [-0.15, -0.1) is 0 Å². The van der Waals surface area contributed by atoms with Crippen LogP contribution in [0.1, 0.15) is 11.1 Å². The number of sulfonamides is 1. The van der Waals surface area contributed by atoms with Crippen LogP contribution in [-0.2, 0) is 14.8 Å². The van der Waals surface area contributed by atoms with E-state index in [1.165, 1.54) is 25.1 Å². The number of halogens is 2. The van der Waals surface area contributed by atoms with Gasteiger partial charge in [-0.2, -0.15) is 0 Å². The highest BCUT2D eigenvalue weighted by Gasteiger charge is 2.22. The highest BCUT2D eigenvalue weighted by Crippen LogP contribution is 2.31. The second-order valence-corrected chi connectivity index (χ2v) is 7.75. The summed E-state index contributed by atoms with van der Waals surface area (Å²) in [5.41, 5.74) is 1.07. The molecule has 0 fully saturated rings. The van der Waals surface area contributed by atoms with E-state index in [9.17, 15) is 17.6 Å². The summed E-state index contributed by atoms with van der Waals surface area (Å²) in [7, 11) is -3.99. The average Bonchev–Trinajstić information content (AvgIpc) is 2.49. The Kier molecular flexibility index (Phi) is 5.69. The van der Waals surface area contributed by atoms with Crippen LogP contribution in [-0.4, -0.2) is 26.1 Å². The molecular weight excluding hydrogens is 417 g/mol. The predicted molar refractivity (Wildman–Crippen MR) is 94.0 cm³/mol. The molecule has 25 heavy (non-hydrogen) atoms. The third kappa shape index (κ3) is 4.49. The van der Waals surface area contributed by atoms with Crippen molar-refractivity contribution in [3.05, 3.63) is 51.7 Å². The number of hydrogen-bond acceptors (Lipinski definition) is 4. The van der Waals surface area contributed by atoms with Gasteiger partial charge in [-0.3, -0.25) is 4.72 Å². The fourth-order valence-electron chi connectivity index (χ4n) is 2.23. The number of benzene rings is 2. The van der Waals surface area contributed by atoms with Crippen LogP contribution in [0.25, 0.3) is 0 Å². The Morgan fingerprint density at radius 2 is 1.96 bits per heavy atom. The van der Waals surface area contributed by atoms with Crippen LogP contribution in [0.2, 0.25) is 0 Å². The van der Waals surface area contributed by atoms with Gasteiger partial charge in [-0.05, 0) is 59.6 Å². The van der Waals surface area contributed by atoms with Crippen molar-refractivity contribution in [3.8, 4) is 5.75 Å². The molecule has 2 rings (SSSR count). The minimum Gasteiger partial charge on any atom is -0.481 e. The summed E-state index contributed by atoms with van der Waals surface area (Å²) in [6.45, 7) is 2.63. The number of carboxylic acids is 1. The van der Waals surface area contributed by atoms with Gasteiger partial charge in [-0.1, -0.05) is 6.07 Å². The number of carboxylic acid groups (broad SMARTS) is 1. The second kappa shape index (κ2) is 7.40. The van der Waals surface area contributed by atoms with E-state index < -0.39 is 28.4 Å². The van der Waals surface area contributed by atoms with E-state index >= 15 is 0 Å². The van der Waals surface area contributed by atoms with Gasteiger partial charge in [0.05, 0.1) is 10.6 Å². The number of ether oxygens (including phenoxy) is 1. The molecule has 2 aromatic carbocycles. The van der Waals surface area contributed by atoms with Crippen LogP contribution in [0.4, 0.5) is 10.1 Å². The number of anilines is 1. The molecule has 0 spiro atoms. The lowest BCUT2D eigenvalue weighted by molar-refractivity contribution is -0.139. The Morgan fingerprint density at radius 3 is 2.56 bits per heavy atom. The second-order valence-electron chi connectivity index (χ2n) is 5.25. The van der Waals surface area contributed by atoms with Crippen LogP contribution in [0.3, 0.4) is 0 Å². The van der Waals surface area contributed by atoms with Crippen LogP contribution >= 0.6 is 15.9 Å². The molecule has 0 aliphatic rings. The first kappa shape index (κ1) is 19.2. The Bertz CT molecular complexity index is 930. The first-order valence-electron chi connectivity index (χ1n) is 7.04. The van der Waals surface area contributed by atoms with Crippen LogP contribution in [0.15, 0.2) is 39.7 Å². The molecule has 0 atom stereocenters. The summed E-state index contributed by atoms with van der Waals surface area (Å²) in [5.74, 6) is -1.48. The molecule has 0 aliphatic heterocycles. The van der Waals surface area contributed by atoms with Crippen molar-refractivity contribution < 1.29 is 27.4 Å². The van der Waals surface area contributed by atoms with Crippen molar-refractivity contribution in [1.29, 1.82) is 0 Å². The zero-order chi connectivity index (χ0) is 18.8.